The molecule has 2 rings (SSSR count). The summed E-state index contributed by atoms with van der Waals surface area (Å²) in [4.78, 5) is 11.6. The van der Waals surface area contributed by atoms with Gasteiger partial charge in [0, 0.05) is 6.42 Å². The monoisotopic (exact) mass is 221 g/mol. The molecular formula is C13H19NO2. The molecule has 0 heterocycles. The number of fused-ring (bicyclic) bond motifs is 2. The van der Waals surface area contributed by atoms with Crippen LogP contribution in [0.5, 0.6) is 0 Å². The maximum absolute atomic E-state index is 11.6. The van der Waals surface area contributed by atoms with Crippen LogP contribution in [-0.2, 0) is 9.53 Å². The summed E-state index contributed by atoms with van der Waals surface area (Å²) in [5.74, 6) is 1.90. The third kappa shape index (κ3) is 2.55. The molecule has 0 radical (unpaired) electrons. The van der Waals surface area contributed by atoms with Gasteiger partial charge in [-0.1, -0.05) is 6.42 Å². The lowest BCUT2D eigenvalue weighted by molar-refractivity contribution is -0.145. The van der Waals surface area contributed by atoms with Crippen LogP contribution >= 0.6 is 0 Å². The quantitative estimate of drug-likeness (QED) is 0.685. The van der Waals surface area contributed by atoms with Crippen molar-refractivity contribution in [2.24, 2.45) is 23.7 Å². The number of esters is 1. The third-order valence-electron chi connectivity index (χ3n) is 4.03. The molecule has 2 aliphatic carbocycles. The minimum atomic E-state index is -0.191. The highest BCUT2D eigenvalue weighted by Gasteiger charge is 2.40. The van der Waals surface area contributed by atoms with E-state index in [4.69, 9.17) is 10.00 Å². The number of carbonyl (C=O) groups excluding carboxylic acids is 1. The Morgan fingerprint density at radius 2 is 2.31 bits per heavy atom. The summed E-state index contributed by atoms with van der Waals surface area (Å²) >= 11 is 0. The van der Waals surface area contributed by atoms with Gasteiger partial charge in [-0.05, 0) is 43.9 Å². The SMILES string of the molecule is C[C@H](C#N)COC(=O)C[C@H]1C[C@H]2CC[C@H]1C2. The Morgan fingerprint density at radius 1 is 1.50 bits per heavy atom. The minimum absolute atomic E-state index is 0.111. The summed E-state index contributed by atoms with van der Waals surface area (Å²) in [6.07, 6.45) is 5.78. The fourth-order valence-electron chi connectivity index (χ4n) is 3.15. The molecule has 3 nitrogen and oxygen atoms in total. The van der Waals surface area contributed by atoms with Gasteiger partial charge >= 0.3 is 5.97 Å². The molecule has 0 amide bonds. The van der Waals surface area contributed by atoms with Crippen molar-refractivity contribution in [3.05, 3.63) is 0 Å². The van der Waals surface area contributed by atoms with Gasteiger partial charge in [-0.2, -0.15) is 5.26 Å². The highest BCUT2D eigenvalue weighted by Crippen LogP contribution is 2.49. The molecule has 0 N–H and O–H groups in total. The lowest BCUT2D eigenvalue weighted by Crippen LogP contribution is -2.18. The first-order valence-corrected chi connectivity index (χ1v) is 6.24. The third-order valence-corrected chi connectivity index (χ3v) is 4.03. The van der Waals surface area contributed by atoms with Crippen LogP contribution in [0.4, 0.5) is 0 Å². The van der Waals surface area contributed by atoms with E-state index in [0.717, 1.165) is 11.8 Å². The molecule has 16 heavy (non-hydrogen) atoms. The summed E-state index contributed by atoms with van der Waals surface area (Å²) in [5.41, 5.74) is 0. The number of rotatable bonds is 4. The first-order valence-electron chi connectivity index (χ1n) is 6.24. The molecule has 0 aromatic carbocycles. The summed E-state index contributed by atoms with van der Waals surface area (Å²) in [7, 11) is 0. The first-order chi connectivity index (χ1) is 7.69. The second-order valence-corrected chi connectivity index (χ2v) is 5.35. The predicted molar refractivity (Wildman–Crippen MR) is 59.3 cm³/mol. The number of hydrogen-bond donors (Lipinski definition) is 0. The van der Waals surface area contributed by atoms with Crippen molar-refractivity contribution in [1.29, 1.82) is 5.26 Å². The first kappa shape index (κ1) is 11.4. The number of ether oxygens (including phenoxy) is 1. The summed E-state index contributed by atoms with van der Waals surface area (Å²) in [6.45, 7) is 2.01. The van der Waals surface area contributed by atoms with Crippen molar-refractivity contribution >= 4 is 5.97 Å². The van der Waals surface area contributed by atoms with Crippen LogP contribution in [0.25, 0.3) is 0 Å². The Bertz CT molecular complexity index is 308. The van der Waals surface area contributed by atoms with Crippen LogP contribution in [0.3, 0.4) is 0 Å². The topological polar surface area (TPSA) is 50.1 Å². The van der Waals surface area contributed by atoms with Crippen molar-refractivity contribution in [2.75, 3.05) is 6.61 Å². The fourth-order valence-corrected chi connectivity index (χ4v) is 3.15. The Labute approximate surface area is 96.8 Å². The molecule has 4 atom stereocenters. The number of nitriles is 1. The molecule has 2 fully saturated rings. The van der Waals surface area contributed by atoms with E-state index in [2.05, 4.69) is 6.07 Å². The van der Waals surface area contributed by atoms with Crippen molar-refractivity contribution in [1.82, 2.24) is 0 Å². The Balaban J connectivity index is 1.70. The average molecular weight is 221 g/mol. The van der Waals surface area contributed by atoms with Gasteiger partial charge in [0.05, 0.1) is 12.0 Å². The van der Waals surface area contributed by atoms with Crippen molar-refractivity contribution in [2.45, 2.75) is 39.0 Å². The molecule has 2 saturated carbocycles. The molecule has 0 aromatic rings. The van der Waals surface area contributed by atoms with Crippen LogP contribution in [0.2, 0.25) is 0 Å². The largest absolute Gasteiger partial charge is 0.464 e. The molecular weight excluding hydrogens is 202 g/mol. The van der Waals surface area contributed by atoms with Crippen molar-refractivity contribution in [3.63, 3.8) is 0 Å². The van der Waals surface area contributed by atoms with E-state index >= 15 is 0 Å². The maximum Gasteiger partial charge on any atom is 0.306 e. The molecule has 0 aliphatic heterocycles. The second kappa shape index (κ2) is 4.86. The van der Waals surface area contributed by atoms with Gasteiger partial charge in [0.15, 0.2) is 0 Å². The van der Waals surface area contributed by atoms with E-state index in [-0.39, 0.29) is 18.5 Å². The van der Waals surface area contributed by atoms with E-state index in [9.17, 15) is 4.79 Å². The molecule has 3 heteroatoms. The smallest absolute Gasteiger partial charge is 0.306 e. The zero-order valence-electron chi connectivity index (χ0n) is 9.82. The predicted octanol–water partition coefficient (Wildman–Crippen LogP) is 2.52. The van der Waals surface area contributed by atoms with Gasteiger partial charge in [-0.15, -0.1) is 0 Å². The maximum atomic E-state index is 11.6. The molecule has 2 aliphatic rings. The van der Waals surface area contributed by atoms with Crippen molar-refractivity contribution < 1.29 is 9.53 Å². The second-order valence-electron chi connectivity index (χ2n) is 5.35. The number of carbonyl (C=O) groups is 1. The van der Waals surface area contributed by atoms with Gasteiger partial charge < -0.3 is 4.74 Å². The number of nitrogens with zero attached hydrogens (tertiary/aromatic N) is 1. The van der Waals surface area contributed by atoms with E-state index in [1.807, 2.05) is 0 Å². The summed E-state index contributed by atoms with van der Waals surface area (Å²) in [6, 6.07) is 2.06. The average Bonchev–Trinajstić information content (AvgIpc) is 2.87. The van der Waals surface area contributed by atoms with Gasteiger partial charge in [-0.25, -0.2) is 0 Å². The normalized spacial score (nSPS) is 33.4. The molecule has 0 spiro atoms. The van der Waals surface area contributed by atoms with E-state index < -0.39 is 0 Å². The number of hydrogen-bond acceptors (Lipinski definition) is 3. The highest BCUT2D eigenvalue weighted by molar-refractivity contribution is 5.69. The zero-order valence-corrected chi connectivity index (χ0v) is 9.82. The lowest BCUT2D eigenvalue weighted by atomic mass is 9.86. The van der Waals surface area contributed by atoms with E-state index in [1.165, 1.54) is 25.7 Å². The zero-order chi connectivity index (χ0) is 11.5. The lowest BCUT2D eigenvalue weighted by Gasteiger charge is -2.20. The molecule has 0 unspecified atom stereocenters. The van der Waals surface area contributed by atoms with E-state index in [1.54, 1.807) is 6.92 Å². The van der Waals surface area contributed by atoms with Crippen LogP contribution in [-0.4, -0.2) is 12.6 Å². The van der Waals surface area contributed by atoms with Gasteiger partial charge in [-0.3, -0.25) is 4.79 Å². The summed E-state index contributed by atoms with van der Waals surface area (Å²) < 4.78 is 5.10. The minimum Gasteiger partial charge on any atom is -0.464 e. The standard InChI is InChI=1S/C13H19NO2/c1-9(7-14)8-16-13(15)6-12-5-10-2-3-11(12)4-10/h9-12H,2-6,8H2,1H3/t9-,10+,11+,12-/m1/s1. The Kier molecular flexibility index (Phi) is 3.48. The molecule has 2 bridgehead atoms. The fraction of sp³-hybridized carbons (Fsp3) is 0.846. The van der Waals surface area contributed by atoms with Crippen LogP contribution < -0.4 is 0 Å². The molecule has 0 saturated heterocycles. The van der Waals surface area contributed by atoms with Crippen LogP contribution in [0, 0.1) is 35.0 Å². The van der Waals surface area contributed by atoms with Gasteiger partial charge in [0.25, 0.3) is 0 Å². The van der Waals surface area contributed by atoms with Gasteiger partial charge in [0.2, 0.25) is 0 Å². The van der Waals surface area contributed by atoms with Crippen molar-refractivity contribution in [3.8, 4) is 6.07 Å². The van der Waals surface area contributed by atoms with Gasteiger partial charge in [0.1, 0.15) is 6.61 Å². The molecule has 0 aromatic heterocycles. The highest BCUT2D eigenvalue weighted by atomic mass is 16.5. The summed E-state index contributed by atoms with van der Waals surface area (Å²) in [5, 5.41) is 8.58. The Morgan fingerprint density at radius 3 is 2.88 bits per heavy atom. The molecule has 88 valence electrons. The van der Waals surface area contributed by atoms with E-state index in [0.29, 0.717) is 12.3 Å². The van der Waals surface area contributed by atoms with Crippen LogP contribution in [0.1, 0.15) is 39.0 Å². The van der Waals surface area contributed by atoms with Crippen LogP contribution in [0.15, 0.2) is 0 Å². The Hall–Kier alpha value is -1.04.